The maximum absolute atomic E-state index is 13.5. The van der Waals surface area contributed by atoms with Crippen molar-refractivity contribution >= 4 is 5.97 Å². The Morgan fingerprint density at radius 1 is 1.09 bits per heavy atom. The minimum Gasteiger partial charge on any atom is -0.454 e. The fourth-order valence-corrected chi connectivity index (χ4v) is 5.29. The van der Waals surface area contributed by atoms with Gasteiger partial charge in [0.25, 0.3) is 0 Å². The zero-order chi connectivity index (χ0) is 22.2. The number of esters is 1. The van der Waals surface area contributed by atoms with Crippen LogP contribution >= 0.6 is 0 Å². The summed E-state index contributed by atoms with van der Waals surface area (Å²) in [6, 6.07) is 19.2. The van der Waals surface area contributed by atoms with Gasteiger partial charge in [0.05, 0.1) is 20.1 Å². The van der Waals surface area contributed by atoms with Crippen LogP contribution in [0.25, 0.3) is 11.1 Å². The number of benzene rings is 2. The Kier molecular flexibility index (Phi) is 5.31. The summed E-state index contributed by atoms with van der Waals surface area (Å²) in [4.78, 5) is 17.7. The van der Waals surface area contributed by atoms with Crippen LogP contribution in [0.3, 0.4) is 0 Å². The maximum atomic E-state index is 13.5. The smallest absolute Gasteiger partial charge is 0.348 e. The van der Waals surface area contributed by atoms with Gasteiger partial charge in [0.2, 0.25) is 5.60 Å². The van der Waals surface area contributed by atoms with E-state index in [-0.39, 0.29) is 6.10 Å². The van der Waals surface area contributed by atoms with Crippen LogP contribution in [0.15, 0.2) is 73.1 Å². The van der Waals surface area contributed by atoms with Crippen LogP contribution in [-0.4, -0.2) is 53.3 Å². The van der Waals surface area contributed by atoms with Crippen LogP contribution in [0.2, 0.25) is 0 Å². The highest BCUT2D eigenvalue weighted by molar-refractivity contribution is 5.96. The second-order valence-corrected chi connectivity index (χ2v) is 9.33. The number of aromatic nitrogens is 1. The number of aliphatic hydroxyl groups is 1. The first-order valence-corrected chi connectivity index (χ1v) is 11.3. The molecule has 2 aromatic carbocycles. The molecule has 1 aliphatic carbocycles. The summed E-state index contributed by atoms with van der Waals surface area (Å²) in [5.74, 6) is -0.569. The van der Waals surface area contributed by atoms with Crippen molar-refractivity contribution in [1.82, 2.24) is 4.98 Å². The molecule has 2 unspecified atom stereocenters. The molecule has 0 spiro atoms. The Balaban J connectivity index is 1.34. The van der Waals surface area contributed by atoms with E-state index >= 15 is 0 Å². The minimum atomic E-state index is -1.76. The van der Waals surface area contributed by atoms with Crippen molar-refractivity contribution < 1.29 is 19.1 Å². The van der Waals surface area contributed by atoms with E-state index in [0.717, 1.165) is 54.5 Å². The molecule has 5 heteroatoms. The average molecular weight is 430 g/mol. The first-order valence-electron chi connectivity index (χ1n) is 11.3. The number of carbonyl (C=O) groups excluding carboxylic acids is 1. The molecule has 5 nitrogen and oxygen atoms in total. The zero-order valence-corrected chi connectivity index (χ0v) is 18.4. The number of carbonyl (C=O) groups is 1. The van der Waals surface area contributed by atoms with E-state index in [1.165, 1.54) is 5.56 Å². The third kappa shape index (κ3) is 3.61. The molecule has 0 amide bonds. The van der Waals surface area contributed by atoms with Crippen molar-refractivity contribution in [2.75, 3.05) is 26.7 Å². The number of ether oxygens (including phenoxy) is 1. The molecule has 5 rings (SSSR count). The molecule has 2 aliphatic rings. The first-order chi connectivity index (χ1) is 15.5. The number of nitrogens with zero attached hydrogens (tertiary/aromatic N) is 2. The monoisotopic (exact) mass is 429 g/mol. The molecular weight excluding hydrogens is 400 g/mol. The topological polar surface area (TPSA) is 59.4 Å². The summed E-state index contributed by atoms with van der Waals surface area (Å²) in [5.41, 5.74) is 2.46. The van der Waals surface area contributed by atoms with Gasteiger partial charge in [0.15, 0.2) is 6.10 Å². The molecule has 1 saturated heterocycles. The number of pyridine rings is 1. The van der Waals surface area contributed by atoms with E-state index < -0.39 is 11.6 Å². The second kappa shape index (κ2) is 8.15. The Morgan fingerprint density at radius 3 is 2.44 bits per heavy atom. The summed E-state index contributed by atoms with van der Waals surface area (Å²) < 4.78 is 6.87. The highest BCUT2D eigenvalue weighted by Crippen LogP contribution is 2.48. The van der Waals surface area contributed by atoms with Gasteiger partial charge < -0.3 is 14.3 Å². The minimum absolute atomic E-state index is 0.209. The maximum Gasteiger partial charge on any atom is 0.348 e. The van der Waals surface area contributed by atoms with Crippen molar-refractivity contribution in [2.24, 2.45) is 0 Å². The van der Waals surface area contributed by atoms with Gasteiger partial charge in [-0.3, -0.25) is 4.98 Å². The van der Waals surface area contributed by atoms with Crippen molar-refractivity contribution in [2.45, 2.75) is 31.0 Å². The molecule has 3 aromatic rings. The lowest BCUT2D eigenvalue weighted by molar-refractivity contribution is -0.916. The number of piperidine rings is 1. The summed E-state index contributed by atoms with van der Waals surface area (Å²) in [5, 5.41) is 11.7. The number of likely N-dealkylation sites (N-methyl/N-ethyl adjacent to an activating group) is 1. The SMILES string of the molecule is C[N+]1(CCc2cccnc2)CCCC(OC(=O)C2(O)c3ccccc3-c3ccccc32)C1. The van der Waals surface area contributed by atoms with E-state index in [0.29, 0.717) is 11.1 Å². The fraction of sp³-hybridized carbons (Fsp3) is 0.333. The van der Waals surface area contributed by atoms with Gasteiger partial charge in [-0.15, -0.1) is 0 Å². The molecule has 1 fully saturated rings. The Morgan fingerprint density at radius 2 is 1.78 bits per heavy atom. The van der Waals surface area contributed by atoms with Crippen molar-refractivity contribution in [3.8, 4) is 11.1 Å². The third-order valence-corrected chi connectivity index (χ3v) is 7.02. The van der Waals surface area contributed by atoms with Gasteiger partial charge >= 0.3 is 5.97 Å². The van der Waals surface area contributed by atoms with E-state index in [9.17, 15) is 9.90 Å². The number of hydrogen-bond donors (Lipinski definition) is 1. The van der Waals surface area contributed by atoms with Gasteiger partial charge in [-0.1, -0.05) is 54.6 Å². The van der Waals surface area contributed by atoms with Crippen molar-refractivity contribution in [1.29, 1.82) is 0 Å². The highest BCUT2D eigenvalue weighted by Gasteiger charge is 2.50. The summed E-state index contributed by atoms with van der Waals surface area (Å²) in [7, 11) is 2.23. The van der Waals surface area contributed by atoms with E-state index in [4.69, 9.17) is 4.74 Å². The standard InChI is InChI=1S/C27H29N2O3/c1-29(17-14-20-8-6-15-28-18-20)16-7-9-21(19-29)32-26(30)27(31)24-12-4-2-10-22(24)23-11-3-5-13-25(23)27/h2-6,8,10-13,15,18,21,31H,7,9,14,16-17,19H2,1H3/q+1. The van der Waals surface area contributed by atoms with E-state index in [1.807, 2.05) is 60.8 Å². The lowest BCUT2D eigenvalue weighted by Gasteiger charge is -2.41. The fourth-order valence-electron chi connectivity index (χ4n) is 5.29. The average Bonchev–Trinajstić information content (AvgIpc) is 3.09. The highest BCUT2D eigenvalue weighted by atomic mass is 16.6. The van der Waals surface area contributed by atoms with Gasteiger partial charge in [0.1, 0.15) is 6.54 Å². The van der Waals surface area contributed by atoms with E-state index in [1.54, 1.807) is 6.20 Å². The quantitative estimate of drug-likeness (QED) is 0.496. The molecule has 2 heterocycles. The van der Waals surface area contributed by atoms with Crippen LogP contribution in [0, 0.1) is 0 Å². The van der Waals surface area contributed by atoms with Crippen LogP contribution < -0.4 is 0 Å². The number of hydrogen-bond acceptors (Lipinski definition) is 4. The van der Waals surface area contributed by atoms with Crippen molar-refractivity contribution in [3.05, 3.63) is 89.7 Å². The summed E-state index contributed by atoms with van der Waals surface area (Å²) in [6.45, 7) is 2.78. The second-order valence-electron chi connectivity index (χ2n) is 9.33. The Hall–Kier alpha value is -3.02. The van der Waals surface area contributed by atoms with Gasteiger partial charge in [0, 0.05) is 36.4 Å². The number of fused-ring (bicyclic) bond motifs is 3. The number of rotatable bonds is 5. The zero-order valence-electron chi connectivity index (χ0n) is 18.4. The van der Waals surface area contributed by atoms with Gasteiger partial charge in [-0.2, -0.15) is 0 Å². The van der Waals surface area contributed by atoms with Crippen molar-refractivity contribution in [3.63, 3.8) is 0 Å². The predicted octanol–water partition coefficient (Wildman–Crippen LogP) is 3.69. The van der Waals surface area contributed by atoms with Crippen LogP contribution in [-0.2, 0) is 21.6 Å². The molecule has 0 saturated carbocycles. The molecule has 2 atom stereocenters. The van der Waals surface area contributed by atoms with Gasteiger partial charge in [-0.25, -0.2) is 4.79 Å². The summed E-state index contributed by atoms with van der Waals surface area (Å²) >= 11 is 0. The molecular formula is C27H29N2O3+. The number of quaternary nitrogens is 1. The third-order valence-electron chi connectivity index (χ3n) is 7.02. The first kappa shape index (κ1) is 20.9. The van der Waals surface area contributed by atoms with Crippen LogP contribution in [0.5, 0.6) is 0 Å². The molecule has 0 bridgehead atoms. The summed E-state index contributed by atoms with van der Waals surface area (Å²) in [6.07, 6.45) is 6.26. The lowest BCUT2D eigenvalue weighted by atomic mass is 9.91. The van der Waals surface area contributed by atoms with E-state index in [2.05, 4.69) is 18.1 Å². The Labute approximate surface area is 188 Å². The molecule has 1 aliphatic heterocycles. The van der Waals surface area contributed by atoms with Crippen LogP contribution in [0.1, 0.15) is 29.5 Å². The normalized spacial score (nSPS) is 23.2. The largest absolute Gasteiger partial charge is 0.454 e. The Bertz CT molecular complexity index is 1090. The molecule has 164 valence electrons. The molecule has 0 radical (unpaired) electrons. The van der Waals surface area contributed by atoms with Gasteiger partial charge in [-0.05, 0) is 29.2 Å². The van der Waals surface area contributed by atoms with Crippen LogP contribution in [0.4, 0.5) is 0 Å². The predicted molar refractivity (Wildman–Crippen MR) is 123 cm³/mol. The molecule has 1 aromatic heterocycles. The molecule has 32 heavy (non-hydrogen) atoms. The lowest BCUT2D eigenvalue weighted by Crippen LogP contribution is -2.55. The number of likely N-dealkylation sites (tertiary alicyclic amines) is 1. The molecule has 1 N–H and O–H groups in total.